The van der Waals surface area contributed by atoms with E-state index in [9.17, 15) is 13.2 Å². The fourth-order valence-electron chi connectivity index (χ4n) is 1.68. The number of nitrogens with zero attached hydrogens (tertiary/aromatic N) is 1. The number of aliphatic imine (C=N–C) groups is 1. The zero-order chi connectivity index (χ0) is 16.3. The molecule has 2 N–H and O–H groups in total. The van der Waals surface area contributed by atoms with Gasteiger partial charge in [0, 0.05) is 35.2 Å². The average molecular weight is 374 g/mol. The lowest BCUT2D eigenvalue weighted by molar-refractivity contribution is -0.0331. The molecule has 22 heavy (non-hydrogen) atoms. The van der Waals surface area contributed by atoms with Crippen molar-refractivity contribution < 1.29 is 13.2 Å². The van der Waals surface area contributed by atoms with E-state index in [0.29, 0.717) is 11.0 Å². The molecule has 0 radical (unpaired) electrons. The van der Waals surface area contributed by atoms with Crippen LogP contribution in [0.15, 0.2) is 17.1 Å². The van der Waals surface area contributed by atoms with Gasteiger partial charge in [-0.15, -0.1) is 0 Å². The Morgan fingerprint density at radius 3 is 2.91 bits per heavy atom. The minimum absolute atomic E-state index is 0.207. The molecule has 0 spiro atoms. The maximum absolute atomic E-state index is 11.9. The van der Waals surface area contributed by atoms with Crippen molar-refractivity contribution in [1.82, 2.24) is 8.85 Å². The molecule has 0 aliphatic heterocycles. The van der Waals surface area contributed by atoms with Gasteiger partial charge in [0.15, 0.2) is 0 Å². The van der Waals surface area contributed by atoms with Gasteiger partial charge in [0.1, 0.15) is 0 Å². The maximum Gasteiger partial charge on any atom is 0.456 e. The second kappa shape index (κ2) is 11.7. The third kappa shape index (κ3) is 11.7. The van der Waals surface area contributed by atoms with Crippen molar-refractivity contribution in [3.05, 3.63) is 12.2 Å². The molecule has 0 saturated heterocycles. The van der Waals surface area contributed by atoms with Gasteiger partial charge in [-0.1, -0.05) is 36.9 Å². The van der Waals surface area contributed by atoms with Crippen LogP contribution in [-0.4, -0.2) is 35.3 Å². The number of nitrogens with one attached hydrogen (secondary N) is 2. The Morgan fingerprint density at radius 2 is 2.23 bits per heavy atom. The SMILES string of the molecule is CC(CCSNSC(F)(F)F)SNCCN=C1C=CCCC1. The van der Waals surface area contributed by atoms with Crippen molar-refractivity contribution in [2.24, 2.45) is 4.99 Å². The summed E-state index contributed by atoms with van der Waals surface area (Å²) in [5.74, 6) is 0.645. The number of halogens is 3. The second-order valence-electron chi connectivity index (χ2n) is 4.76. The summed E-state index contributed by atoms with van der Waals surface area (Å²) in [6.07, 6.45) is 8.51. The highest BCUT2D eigenvalue weighted by atomic mass is 32.2. The first-order chi connectivity index (χ1) is 10.5. The van der Waals surface area contributed by atoms with Crippen LogP contribution in [0, 0.1) is 0 Å². The number of allylic oxidation sites excluding steroid dienone is 2. The van der Waals surface area contributed by atoms with Gasteiger partial charge in [0.05, 0.1) is 6.54 Å². The normalized spacial score (nSPS) is 18.8. The Balaban J connectivity index is 1.94. The minimum atomic E-state index is -4.22. The van der Waals surface area contributed by atoms with Gasteiger partial charge < -0.3 is 0 Å². The topological polar surface area (TPSA) is 36.4 Å². The molecular weight excluding hydrogens is 351 g/mol. The van der Waals surface area contributed by atoms with Crippen molar-refractivity contribution in [1.29, 1.82) is 0 Å². The molecule has 1 rings (SSSR count). The first kappa shape index (κ1) is 20.2. The van der Waals surface area contributed by atoms with Crippen molar-refractivity contribution >= 4 is 41.6 Å². The zero-order valence-electron chi connectivity index (χ0n) is 12.5. The lowest BCUT2D eigenvalue weighted by Crippen LogP contribution is -2.15. The maximum atomic E-state index is 11.9. The molecule has 9 heteroatoms. The summed E-state index contributed by atoms with van der Waals surface area (Å²) in [5.41, 5.74) is -3.04. The summed E-state index contributed by atoms with van der Waals surface area (Å²) in [7, 11) is 0. The predicted octanol–water partition coefficient (Wildman–Crippen LogP) is 4.59. The van der Waals surface area contributed by atoms with E-state index in [-0.39, 0.29) is 11.9 Å². The molecule has 1 atom stereocenters. The molecule has 0 saturated carbocycles. The zero-order valence-corrected chi connectivity index (χ0v) is 14.9. The van der Waals surface area contributed by atoms with E-state index in [1.807, 2.05) is 0 Å². The Bertz CT molecular complexity index is 362. The van der Waals surface area contributed by atoms with E-state index in [0.717, 1.165) is 44.3 Å². The van der Waals surface area contributed by atoms with Crippen molar-refractivity contribution in [3.63, 3.8) is 0 Å². The molecule has 0 amide bonds. The highest BCUT2D eigenvalue weighted by molar-refractivity contribution is 8.13. The molecule has 128 valence electrons. The second-order valence-corrected chi connectivity index (χ2v) is 8.12. The molecule has 0 aromatic heterocycles. The van der Waals surface area contributed by atoms with E-state index >= 15 is 0 Å². The fraction of sp³-hybridized carbons (Fsp3) is 0.769. The fourth-order valence-corrected chi connectivity index (χ4v) is 3.98. The molecule has 0 fully saturated rings. The molecular formula is C13H22F3N3S3. The van der Waals surface area contributed by atoms with Crippen LogP contribution in [-0.2, 0) is 0 Å². The number of rotatable bonds is 10. The van der Waals surface area contributed by atoms with Crippen molar-refractivity contribution in [2.75, 3.05) is 18.8 Å². The summed E-state index contributed by atoms with van der Waals surface area (Å²) < 4.78 is 41.1. The summed E-state index contributed by atoms with van der Waals surface area (Å²) in [4.78, 5) is 4.52. The van der Waals surface area contributed by atoms with Gasteiger partial charge in [-0.05, 0) is 31.8 Å². The predicted molar refractivity (Wildman–Crippen MR) is 94.2 cm³/mol. The number of hydrogen-bond donors (Lipinski definition) is 2. The Morgan fingerprint density at radius 1 is 1.41 bits per heavy atom. The third-order valence-electron chi connectivity index (χ3n) is 2.77. The lowest BCUT2D eigenvalue weighted by atomic mass is 10.1. The highest BCUT2D eigenvalue weighted by Gasteiger charge is 2.28. The van der Waals surface area contributed by atoms with Gasteiger partial charge in [0.25, 0.3) is 0 Å². The smallest absolute Gasteiger partial charge is 0.288 e. The van der Waals surface area contributed by atoms with E-state index < -0.39 is 5.51 Å². The van der Waals surface area contributed by atoms with Gasteiger partial charge >= 0.3 is 5.51 Å². The van der Waals surface area contributed by atoms with Gasteiger partial charge in [0.2, 0.25) is 0 Å². The van der Waals surface area contributed by atoms with E-state index in [4.69, 9.17) is 0 Å². The monoisotopic (exact) mass is 373 g/mol. The molecule has 1 aliphatic carbocycles. The standard InChI is InChI=1S/C13H22F3N3S3/c1-11(7-10-20-19-22-13(14,15)16)21-18-9-8-17-12-5-3-2-4-6-12/h3,5,11,18-19H,2,4,6-10H2,1H3. The Labute approximate surface area is 143 Å². The first-order valence-electron chi connectivity index (χ1n) is 7.17. The van der Waals surface area contributed by atoms with E-state index in [1.165, 1.54) is 12.1 Å². The number of hydrogen-bond acceptors (Lipinski definition) is 6. The van der Waals surface area contributed by atoms with Gasteiger partial charge in [-0.25, -0.2) is 4.13 Å². The third-order valence-corrected chi connectivity index (χ3v) is 5.25. The van der Waals surface area contributed by atoms with Crippen LogP contribution in [0.25, 0.3) is 0 Å². The summed E-state index contributed by atoms with van der Waals surface area (Å²) in [6.45, 7) is 3.63. The highest BCUT2D eigenvalue weighted by Crippen LogP contribution is 2.29. The Hall–Kier alpha value is 0.170. The molecule has 0 heterocycles. The van der Waals surface area contributed by atoms with Gasteiger partial charge in [-0.2, -0.15) is 13.2 Å². The van der Waals surface area contributed by atoms with Crippen molar-refractivity contribution in [2.45, 2.75) is 43.4 Å². The molecule has 1 aliphatic rings. The van der Waals surface area contributed by atoms with Gasteiger partial charge in [-0.3, -0.25) is 9.71 Å². The van der Waals surface area contributed by atoms with Crippen LogP contribution >= 0.6 is 35.8 Å². The molecule has 0 bridgehead atoms. The van der Waals surface area contributed by atoms with Crippen LogP contribution in [0.3, 0.4) is 0 Å². The van der Waals surface area contributed by atoms with Crippen LogP contribution in [0.5, 0.6) is 0 Å². The summed E-state index contributed by atoms with van der Waals surface area (Å²) in [6, 6.07) is 0. The molecule has 0 aromatic rings. The summed E-state index contributed by atoms with van der Waals surface area (Å²) in [5, 5.41) is 0.354. The molecule has 1 unspecified atom stereocenters. The summed E-state index contributed by atoms with van der Waals surface area (Å²) >= 11 is 2.51. The van der Waals surface area contributed by atoms with Crippen LogP contribution in [0.1, 0.15) is 32.6 Å². The quantitative estimate of drug-likeness (QED) is 0.433. The largest absolute Gasteiger partial charge is 0.456 e. The van der Waals surface area contributed by atoms with Crippen LogP contribution < -0.4 is 8.85 Å². The lowest BCUT2D eigenvalue weighted by Gasteiger charge is -2.12. The van der Waals surface area contributed by atoms with E-state index in [2.05, 4.69) is 32.9 Å². The molecule has 3 nitrogen and oxygen atoms in total. The Kier molecular flexibility index (Phi) is 10.7. The van der Waals surface area contributed by atoms with Crippen LogP contribution in [0.2, 0.25) is 0 Å². The first-order valence-corrected chi connectivity index (χ1v) is 9.85. The number of alkyl halides is 3. The van der Waals surface area contributed by atoms with E-state index in [1.54, 1.807) is 11.9 Å². The molecule has 0 aromatic carbocycles. The van der Waals surface area contributed by atoms with Crippen molar-refractivity contribution in [3.8, 4) is 0 Å². The van der Waals surface area contributed by atoms with Crippen LogP contribution in [0.4, 0.5) is 13.2 Å². The minimum Gasteiger partial charge on any atom is -0.288 e. The average Bonchev–Trinajstić information content (AvgIpc) is 2.46.